The summed E-state index contributed by atoms with van der Waals surface area (Å²) in [6.07, 6.45) is 3.39. The van der Waals surface area contributed by atoms with Crippen molar-refractivity contribution >= 4 is 22.8 Å². The number of methoxy groups -OCH3 is 1. The highest BCUT2D eigenvalue weighted by molar-refractivity contribution is 6.01. The van der Waals surface area contributed by atoms with Crippen LogP contribution in [0.15, 0.2) is 67.0 Å². The number of fused-ring (bicyclic) bond motifs is 1. The van der Waals surface area contributed by atoms with Crippen molar-refractivity contribution in [3.63, 3.8) is 0 Å². The van der Waals surface area contributed by atoms with Crippen molar-refractivity contribution in [3.8, 4) is 17.1 Å². The van der Waals surface area contributed by atoms with E-state index in [2.05, 4.69) is 15.0 Å². The van der Waals surface area contributed by atoms with Crippen LogP contribution in [0.3, 0.4) is 0 Å². The van der Waals surface area contributed by atoms with E-state index >= 15 is 0 Å². The number of carbonyl (C=O) groups excluding carboxylic acids is 2. The number of nitrogens with one attached hydrogen (secondary N) is 1. The van der Waals surface area contributed by atoms with Crippen molar-refractivity contribution in [2.24, 2.45) is 0 Å². The van der Waals surface area contributed by atoms with Crippen molar-refractivity contribution in [1.82, 2.24) is 15.0 Å². The fraction of sp³-hybridized carbons (Fsp3) is 0.0909. The average molecular weight is 387 g/mol. The molecule has 0 aliphatic carbocycles. The first-order valence-corrected chi connectivity index (χ1v) is 8.89. The molecule has 0 atom stereocenters. The Bertz CT molecular complexity index is 1190. The minimum Gasteiger partial charge on any atom is -0.496 e. The van der Waals surface area contributed by atoms with Crippen molar-refractivity contribution < 1.29 is 19.1 Å². The van der Waals surface area contributed by atoms with Crippen molar-refractivity contribution in [2.75, 3.05) is 13.7 Å². The number of esters is 1. The molecule has 0 radical (unpaired) electrons. The molecule has 0 aliphatic rings. The highest BCUT2D eigenvalue weighted by Gasteiger charge is 2.16. The average Bonchev–Trinajstić information content (AvgIpc) is 3.21. The van der Waals surface area contributed by atoms with Gasteiger partial charge in [0.1, 0.15) is 11.6 Å². The van der Waals surface area contributed by atoms with E-state index < -0.39 is 5.97 Å². The number of hydrogen-bond acceptors (Lipinski definition) is 6. The van der Waals surface area contributed by atoms with Crippen LogP contribution in [0.4, 0.5) is 0 Å². The third-order valence-electron chi connectivity index (χ3n) is 4.39. The molecule has 4 aromatic rings. The SMILES string of the molecule is COc1ccccc1C(=O)COC(=O)c1ccc2nc(-c3cccnc3)[nH]c2c1. The molecule has 2 aromatic heterocycles. The number of aromatic nitrogens is 3. The number of benzene rings is 2. The summed E-state index contributed by atoms with van der Waals surface area (Å²) in [5.41, 5.74) is 2.94. The molecule has 4 rings (SSSR count). The van der Waals surface area contributed by atoms with E-state index in [-0.39, 0.29) is 12.4 Å². The monoisotopic (exact) mass is 387 g/mol. The van der Waals surface area contributed by atoms with Crippen molar-refractivity contribution in [3.05, 3.63) is 78.1 Å². The molecule has 0 bridgehead atoms. The number of nitrogens with zero attached hydrogens (tertiary/aromatic N) is 2. The maximum absolute atomic E-state index is 12.4. The predicted octanol–water partition coefficient (Wildman–Crippen LogP) is 3.67. The Morgan fingerprint density at radius 2 is 1.93 bits per heavy atom. The number of pyridine rings is 1. The van der Waals surface area contributed by atoms with Crippen molar-refractivity contribution in [1.29, 1.82) is 0 Å². The molecule has 0 unspecified atom stereocenters. The lowest BCUT2D eigenvalue weighted by Gasteiger charge is -2.08. The number of H-pyrrole nitrogens is 1. The summed E-state index contributed by atoms with van der Waals surface area (Å²) in [6.45, 7) is -0.374. The number of ketones is 1. The van der Waals surface area contributed by atoms with Gasteiger partial charge in [-0.2, -0.15) is 0 Å². The zero-order chi connectivity index (χ0) is 20.2. The number of aromatic amines is 1. The topological polar surface area (TPSA) is 94.2 Å². The lowest BCUT2D eigenvalue weighted by molar-refractivity contribution is 0.0474. The molecule has 144 valence electrons. The van der Waals surface area contributed by atoms with E-state index in [1.807, 2.05) is 12.1 Å². The molecular formula is C22H17N3O4. The lowest BCUT2D eigenvalue weighted by atomic mass is 10.1. The van der Waals surface area contributed by atoms with Crippen molar-refractivity contribution in [2.45, 2.75) is 0 Å². The molecule has 0 spiro atoms. The molecule has 1 N–H and O–H groups in total. The smallest absolute Gasteiger partial charge is 0.338 e. The fourth-order valence-electron chi connectivity index (χ4n) is 2.94. The summed E-state index contributed by atoms with van der Waals surface area (Å²) < 4.78 is 10.4. The van der Waals surface area contributed by atoms with Gasteiger partial charge in [-0.3, -0.25) is 9.78 Å². The number of para-hydroxylation sites is 1. The van der Waals surface area contributed by atoms with Crippen LogP contribution in [-0.2, 0) is 4.74 Å². The van der Waals surface area contributed by atoms with E-state index in [0.29, 0.717) is 33.7 Å². The molecule has 0 aliphatic heterocycles. The summed E-state index contributed by atoms with van der Waals surface area (Å²) in [7, 11) is 1.48. The molecule has 0 saturated heterocycles. The predicted molar refractivity (Wildman–Crippen MR) is 107 cm³/mol. The summed E-state index contributed by atoms with van der Waals surface area (Å²) in [5, 5.41) is 0. The van der Waals surface area contributed by atoms with E-state index in [4.69, 9.17) is 9.47 Å². The number of rotatable bonds is 6. The molecule has 7 heteroatoms. The zero-order valence-electron chi connectivity index (χ0n) is 15.6. The lowest BCUT2D eigenvalue weighted by Crippen LogP contribution is -2.15. The summed E-state index contributed by atoms with van der Waals surface area (Å²) in [4.78, 5) is 36.5. The standard InChI is InChI=1S/C22H17N3O4/c1-28-20-7-3-2-6-16(20)19(26)13-29-22(27)14-8-9-17-18(11-14)25-21(24-17)15-5-4-10-23-12-15/h2-12H,13H2,1H3,(H,24,25). The number of hydrogen-bond donors (Lipinski definition) is 1. The first-order valence-electron chi connectivity index (χ1n) is 8.89. The second-order valence-corrected chi connectivity index (χ2v) is 6.26. The minimum atomic E-state index is -0.590. The third-order valence-corrected chi connectivity index (χ3v) is 4.39. The number of imidazole rings is 1. The zero-order valence-corrected chi connectivity index (χ0v) is 15.6. The molecular weight excluding hydrogens is 370 g/mol. The van der Waals surface area contributed by atoms with Gasteiger partial charge in [-0.25, -0.2) is 9.78 Å². The van der Waals surface area contributed by atoms with Crippen LogP contribution < -0.4 is 4.74 Å². The first-order chi connectivity index (χ1) is 14.2. The molecule has 0 fully saturated rings. The molecule has 0 saturated carbocycles. The molecule has 7 nitrogen and oxygen atoms in total. The van der Waals surface area contributed by atoms with Gasteiger partial charge < -0.3 is 14.5 Å². The molecule has 0 amide bonds. The van der Waals surface area contributed by atoms with Gasteiger partial charge in [0.2, 0.25) is 5.78 Å². The highest BCUT2D eigenvalue weighted by Crippen LogP contribution is 2.21. The van der Waals surface area contributed by atoms with Gasteiger partial charge in [0, 0.05) is 18.0 Å². The third kappa shape index (κ3) is 3.84. The minimum absolute atomic E-state index is 0.326. The normalized spacial score (nSPS) is 10.7. The second-order valence-electron chi connectivity index (χ2n) is 6.26. The van der Waals surface area contributed by atoms with Gasteiger partial charge in [0.25, 0.3) is 0 Å². The number of carbonyl (C=O) groups is 2. The maximum atomic E-state index is 12.4. The van der Waals surface area contributed by atoms with E-state index in [0.717, 1.165) is 5.56 Å². The summed E-state index contributed by atoms with van der Waals surface area (Å²) >= 11 is 0. The Kier molecular flexibility index (Phi) is 5.03. The molecule has 29 heavy (non-hydrogen) atoms. The van der Waals surface area contributed by atoms with Gasteiger partial charge in [0.15, 0.2) is 6.61 Å². The van der Waals surface area contributed by atoms with Crippen LogP contribution >= 0.6 is 0 Å². The van der Waals surface area contributed by atoms with Gasteiger partial charge in [-0.1, -0.05) is 12.1 Å². The Morgan fingerprint density at radius 3 is 2.72 bits per heavy atom. The molecule has 2 heterocycles. The fourth-order valence-corrected chi connectivity index (χ4v) is 2.94. The van der Waals surface area contributed by atoms with Crippen LogP contribution in [-0.4, -0.2) is 40.4 Å². The van der Waals surface area contributed by atoms with E-state index in [9.17, 15) is 9.59 Å². The van der Waals surface area contributed by atoms with E-state index in [1.54, 1.807) is 54.9 Å². The summed E-state index contributed by atoms with van der Waals surface area (Å²) in [5.74, 6) is 0.172. The largest absolute Gasteiger partial charge is 0.496 e. The van der Waals surface area contributed by atoms with Crippen LogP contribution in [0, 0.1) is 0 Å². The Labute approximate surface area is 166 Å². The number of ether oxygens (including phenoxy) is 2. The maximum Gasteiger partial charge on any atom is 0.338 e. The van der Waals surface area contributed by atoms with Gasteiger partial charge in [-0.05, 0) is 42.5 Å². The molecule has 2 aromatic carbocycles. The van der Waals surface area contributed by atoms with Gasteiger partial charge in [-0.15, -0.1) is 0 Å². The highest BCUT2D eigenvalue weighted by atomic mass is 16.5. The van der Waals surface area contributed by atoms with Crippen LogP contribution in [0.1, 0.15) is 20.7 Å². The second kappa shape index (κ2) is 7.93. The first kappa shape index (κ1) is 18.4. The van der Waals surface area contributed by atoms with Crippen LogP contribution in [0.5, 0.6) is 5.75 Å². The van der Waals surface area contributed by atoms with Crippen LogP contribution in [0.2, 0.25) is 0 Å². The van der Waals surface area contributed by atoms with Gasteiger partial charge >= 0.3 is 5.97 Å². The van der Waals surface area contributed by atoms with Crippen LogP contribution in [0.25, 0.3) is 22.4 Å². The Balaban J connectivity index is 1.49. The van der Waals surface area contributed by atoms with E-state index in [1.165, 1.54) is 7.11 Å². The number of Topliss-reactive ketones (excluding diaryl/α,β-unsaturated/α-hetero) is 1. The van der Waals surface area contributed by atoms with Gasteiger partial charge in [0.05, 0.1) is 29.3 Å². The Morgan fingerprint density at radius 1 is 1.07 bits per heavy atom. The Hall–Kier alpha value is -4.00. The quantitative estimate of drug-likeness (QED) is 0.401. The summed E-state index contributed by atoms with van der Waals surface area (Å²) in [6, 6.07) is 15.5.